The van der Waals surface area contributed by atoms with Crippen molar-refractivity contribution in [2.24, 2.45) is 0 Å². The van der Waals surface area contributed by atoms with Crippen LogP contribution in [0.25, 0.3) is 16.9 Å². The summed E-state index contributed by atoms with van der Waals surface area (Å²) in [4.78, 5) is 17.4. The maximum absolute atomic E-state index is 12.7. The lowest BCUT2D eigenvalue weighted by Crippen LogP contribution is -2.39. The summed E-state index contributed by atoms with van der Waals surface area (Å²) < 4.78 is 7.28. The molecule has 1 aliphatic rings. The Labute approximate surface area is 158 Å². The fourth-order valence-electron chi connectivity index (χ4n) is 3.32. The Morgan fingerprint density at radius 3 is 2.48 bits per heavy atom. The first-order valence-corrected chi connectivity index (χ1v) is 9.27. The lowest BCUT2D eigenvalue weighted by molar-refractivity contribution is -0.124. The smallest absolute Gasteiger partial charge is 0.234 e. The Bertz CT molecular complexity index is 1000. The molecule has 1 amide bonds. The van der Waals surface area contributed by atoms with E-state index in [1.54, 1.807) is 11.6 Å². The molecule has 140 valence electrons. The maximum Gasteiger partial charge on any atom is 0.234 e. The topological polar surface area (TPSA) is 68.5 Å². The summed E-state index contributed by atoms with van der Waals surface area (Å²) in [6, 6.07) is 12.2. The maximum atomic E-state index is 12.7. The summed E-state index contributed by atoms with van der Waals surface area (Å²) in [6.07, 6.45) is 1.54. The van der Waals surface area contributed by atoms with Crippen LogP contribution in [-0.2, 0) is 10.2 Å². The van der Waals surface area contributed by atoms with Crippen LogP contribution in [-0.4, -0.2) is 33.7 Å². The molecule has 0 saturated heterocycles. The van der Waals surface area contributed by atoms with Gasteiger partial charge in [0, 0.05) is 11.6 Å². The molecular weight excluding hydrogens is 340 g/mol. The third-order valence-corrected chi connectivity index (χ3v) is 5.05. The number of rotatable bonds is 5. The molecule has 1 aromatic carbocycles. The number of hydrogen-bond donors (Lipinski definition) is 1. The van der Waals surface area contributed by atoms with E-state index in [0.717, 1.165) is 24.1 Å². The second-order valence-electron chi connectivity index (χ2n) is 7.53. The Morgan fingerprint density at radius 1 is 1.19 bits per heavy atom. The van der Waals surface area contributed by atoms with Crippen LogP contribution in [0.5, 0.6) is 5.75 Å². The first-order chi connectivity index (χ1) is 12.9. The molecular formula is C21H24N4O2. The van der Waals surface area contributed by atoms with Crippen molar-refractivity contribution >= 4 is 11.6 Å². The van der Waals surface area contributed by atoms with Gasteiger partial charge in [0.1, 0.15) is 5.41 Å². The first-order valence-electron chi connectivity index (χ1n) is 9.27. The van der Waals surface area contributed by atoms with Gasteiger partial charge < -0.3 is 10.1 Å². The van der Waals surface area contributed by atoms with Crippen LogP contribution in [0, 0.1) is 6.92 Å². The first kappa shape index (κ1) is 17.5. The van der Waals surface area contributed by atoms with Crippen molar-refractivity contribution in [1.82, 2.24) is 19.9 Å². The Morgan fingerprint density at radius 2 is 1.89 bits per heavy atom. The van der Waals surface area contributed by atoms with Gasteiger partial charge in [0.2, 0.25) is 5.91 Å². The van der Waals surface area contributed by atoms with E-state index in [0.29, 0.717) is 17.2 Å². The molecule has 2 heterocycles. The van der Waals surface area contributed by atoms with Gasteiger partial charge >= 0.3 is 0 Å². The standard InChI is InChI=1S/C21H24N4O2/c1-13(2)22-20(26)21(11-12-21)19-23-18-17(27-4)10-9-16(25(18)24-19)15-7-5-14(3)6-8-15/h5-10,13H,11-12H2,1-4H3,(H,22,26). The number of carbonyl (C=O) groups is 1. The molecule has 1 N–H and O–H groups in total. The zero-order valence-corrected chi connectivity index (χ0v) is 16.1. The SMILES string of the molecule is COc1ccc(-c2ccc(C)cc2)n2nc(C3(C(=O)NC(C)C)CC3)nc12. The lowest BCUT2D eigenvalue weighted by Gasteiger charge is -2.14. The number of fused-ring (bicyclic) bond motifs is 1. The highest BCUT2D eigenvalue weighted by Gasteiger charge is 2.55. The molecule has 1 fully saturated rings. The second kappa shape index (κ2) is 6.37. The van der Waals surface area contributed by atoms with E-state index < -0.39 is 5.41 Å². The quantitative estimate of drug-likeness (QED) is 0.754. The summed E-state index contributed by atoms with van der Waals surface area (Å²) in [7, 11) is 1.62. The third-order valence-electron chi connectivity index (χ3n) is 5.05. The zero-order chi connectivity index (χ0) is 19.2. The molecule has 6 nitrogen and oxygen atoms in total. The number of aryl methyl sites for hydroxylation is 1. The van der Waals surface area contributed by atoms with Gasteiger partial charge in [0.05, 0.1) is 12.8 Å². The minimum absolute atomic E-state index is 0.00394. The molecule has 1 aliphatic carbocycles. The minimum atomic E-state index is -0.619. The molecule has 2 aromatic heterocycles. The summed E-state index contributed by atoms with van der Waals surface area (Å²) in [5.41, 5.74) is 3.18. The van der Waals surface area contributed by atoms with Crippen molar-refractivity contribution < 1.29 is 9.53 Å². The normalized spacial score (nSPS) is 15.1. The fraction of sp³-hybridized carbons (Fsp3) is 0.381. The van der Waals surface area contributed by atoms with Crippen molar-refractivity contribution in [2.45, 2.75) is 45.1 Å². The van der Waals surface area contributed by atoms with Crippen LogP contribution in [0.4, 0.5) is 0 Å². The van der Waals surface area contributed by atoms with Crippen LogP contribution in [0.2, 0.25) is 0 Å². The van der Waals surface area contributed by atoms with E-state index in [1.165, 1.54) is 5.56 Å². The monoisotopic (exact) mass is 364 g/mol. The summed E-state index contributed by atoms with van der Waals surface area (Å²) in [5, 5.41) is 7.76. The summed E-state index contributed by atoms with van der Waals surface area (Å²) in [5.74, 6) is 1.22. The number of nitrogens with zero attached hydrogens (tertiary/aromatic N) is 3. The van der Waals surface area contributed by atoms with Gasteiger partial charge in [-0.2, -0.15) is 0 Å². The Kier molecular flexibility index (Phi) is 4.13. The number of aromatic nitrogens is 3. The van der Waals surface area contributed by atoms with Gasteiger partial charge in [0.25, 0.3) is 0 Å². The predicted molar refractivity (Wildman–Crippen MR) is 104 cm³/mol. The van der Waals surface area contributed by atoms with Crippen molar-refractivity contribution in [2.75, 3.05) is 7.11 Å². The van der Waals surface area contributed by atoms with Gasteiger partial charge in [-0.1, -0.05) is 29.8 Å². The average Bonchev–Trinajstić information content (AvgIpc) is 3.34. The lowest BCUT2D eigenvalue weighted by atomic mass is 10.1. The van der Waals surface area contributed by atoms with Crippen molar-refractivity contribution in [3.63, 3.8) is 0 Å². The van der Waals surface area contributed by atoms with E-state index >= 15 is 0 Å². The molecule has 0 atom stereocenters. The van der Waals surface area contributed by atoms with Crippen LogP contribution in [0.3, 0.4) is 0 Å². The number of amides is 1. The Hall–Kier alpha value is -2.89. The van der Waals surface area contributed by atoms with Crippen molar-refractivity contribution in [3.05, 3.63) is 47.8 Å². The number of pyridine rings is 1. The van der Waals surface area contributed by atoms with Gasteiger partial charge in [-0.15, -0.1) is 5.10 Å². The van der Waals surface area contributed by atoms with Crippen molar-refractivity contribution in [1.29, 1.82) is 0 Å². The number of carbonyl (C=O) groups excluding carboxylic acids is 1. The summed E-state index contributed by atoms with van der Waals surface area (Å²) in [6.45, 7) is 5.98. The third kappa shape index (κ3) is 2.95. The van der Waals surface area contributed by atoms with Crippen LogP contribution in [0.1, 0.15) is 38.1 Å². The van der Waals surface area contributed by atoms with Gasteiger partial charge in [-0.25, -0.2) is 9.50 Å². The molecule has 1 saturated carbocycles. The number of ether oxygens (including phenoxy) is 1. The van der Waals surface area contributed by atoms with Crippen molar-refractivity contribution in [3.8, 4) is 17.0 Å². The average molecular weight is 364 g/mol. The van der Waals surface area contributed by atoms with Crippen LogP contribution >= 0.6 is 0 Å². The number of nitrogens with one attached hydrogen (secondary N) is 1. The fourth-order valence-corrected chi connectivity index (χ4v) is 3.32. The van der Waals surface area contributed by atoms with E-state index in [9.17, 15) is 4.79 Å². The van der Waals surface area contributed by atoms with E-state index in [1.807, 2.05) is 26.0 Å². The molecule has 0 radical (unpaired) electrons. The molecule has 3 aromatic rings. The van der Waals surface area contributed by atoms with Gasteiger partial charge in [-0.05, 0) is 45.7 Å². The predicted octanol–water partition coefficient (Wildman–Crippen LogP) is 3.27. The van der Waals surface area contributed by atoms with E-state index in [2.05, 4.69) is 36.5 Å². The second-order valence-corrected chi connectivity index (χ2v) is 7.53. The highest BCUT2D eigenvalue weighted by atomic mass is 16.5. The molecule has 0 bridgehead atoms. The molecule has 4 rings (SSSR count). The largest absolute Gasteiger partial charge is 0.493 e. The van der Waals surface area contributed by atoms with E-state index in [-0.39, 0.29) is 11.9 Å². The highest BCUT2D eigenvalue weighted by Crippen LogP contribution is 2.47. The molecule has 0 aliphatic heterocycles. The zero-order valence-electron chi connectivity index (χ0n) is 16.1. The minimum Gasteiger partial charge on any atom is -0.493 e. The molecule has 6 heteroatoms. The van der Waals surface area contributed by atoms with Crippen LogP contribution in [0.15, 0.2) is 36.4 Å². The molecule has 0 unspecified atom stereocenters. The number of hydrogen-bond acceptors (Lipinski definition) is 4. The Balaban J connectivity index is 1.84. The van der Waals surface area contributed by atoms with Gasteiger partial charge in [-0.3, -0.25) is 4.79 Å². The van der Waals surface area contributed by atoms with Crippen LogP contribution < -0.4 is 10.1 Å². The molecule has 0 spiro atoms. The van der Waals surface area contributed by atoms with E-state index in [4.69, 9.17) is 14.8 Å². The van der Waals surface area contributed by atoms with Gasteiger partial charge in [0.15, 0.2) is 17.2 Å². The highest BCUT2D eigenvalue weighted by molar-refractivity contribution is 5.90. The molecule has 27 heavy (non-hydrogen) atoms. The number of methoxy groups -OCH3 is 1. The summed E-state index contributed by atoms with van der Waals surface area (Å²) >= 11 is 0. The number of benzene rings is 1.